The van der Waals surface area contributed by atoms with E-state index in [9.17, 15) is 4.79 Å². The molecule has 0 aromatic rings. The van der Waals surface area contributed by atoms with Gasteiger partial charge in [-0.05, 0) is 13.8 Å². The van der Waals surface area contributed by atoms with Crippen LogP contribution in [0.3, 0.4) is 0 Å². The normalized spacial score (nSPS) is 13.6. The van der Waals surface area contributed by atoms with Crippen molar-refractivity contribution in [2.75, 3.05) is 13.2 Å². The van der Waals surface area contributed by atoms with E-state index in [2.05, 4.69) is 9.47 Å². The number of aliphatic hydroxyl groups is 2. The first-order valence-electron chi connectivity index (χ1n) is 4.00. The van der Waals surface area contributed by atoms with E-state index in [4.69, 9.17) is 10.2 Å². The van der Waals surface area contributed by atoms with Crippen molar-refractivity contribution in [2.24, 2.45) is 0 Å². The number of hydrogen-bond donors (Lipinski definition) is 2. The minimum absolute atomic E-state index is 0.180. The molecule has 0 heterocycles. The number of hydrogen-bond acceptors (Lipinski definition) is 5. The zero-order chi connectivity index (χ0) is 10.3. The van der Waals surface area contributed by atoms with Crippen molar-refractivity contribution in [3.8, 4) is 0 Å². The van der Waals surface area contributed by atoms with Gasteiger partial charge in [0.15, 0.2) is 6.10 Å². The van der Waals surface area contributed by atoms with Crippen LogP contribution in [0.4, 0.5) is 0 Å². The maximum atomic E-state index is 10.8. The number of carbonyl (C=O) groups is 1. The Labute approximate surface area is 76.6 Å². The summed E-state index contributed by atoms with van der Waals surface area (Å²) in [4.78, 5) is 10.8. The van der Waals surface area contributed by atoms with Crippen LogP contribution in [0.1, 0.15) is 13.8 Å². The first-order chi connectivity index (χ1) is 6.11. The van der Waals surface area contributed by atoms with Gasteiger partial charge in [0.1, 0.15) is 0 Å². The average Bonchev–Trinajstić information content (AvgIpc) is 2.05. The summed E-state index contributed by atoms with van der Waals surface area (Å²) in [7, 11) is 0. The van der Waals surface area contributed by atoms with Crippen LogP contribution < -0.4 is 0 Å². The summed E-state index contributed by atoms with van der Waals surface area (Å²) < 4.78 is 9.07. The second kappa shape index (κ2) is 6.30. The highest BCUT2D eigenvalue weighted by Gasteiger charge is 2.14. The third-order valence-corrected chi connectivity index (χ3v) is 1.12. The molecule has 0 saturated heterocycles. The lowest BCUT2D eigenvalue weighted by Crippen LogP contribution is -2.21. The summed E-state index contributed by atoms with van der Waals surface area (Å²) in [5.74, 6) is -1.29. The zero-order valence-electron chi connectivity index (χ0n) is 7.69. The summed E-state index contributed by atoms with van der Waals surface area (Å²) in [6.07, 6.45) is -0.604. The van der Waals surface area contributed by atoms with E-state index in [1.165, 1.54) is 0 Å². The Kier molecular flexibility index (Phi) is 5.71. The van der Waals surface area contributed by atoms with Crippen molar-refractivity contribution >= 4 is 5.97 Å². The molecule has 0 spiro atoms. The largest absolute Gasteiger partial charge is 0.481 e. The Morgan fingerprint density at radius 2 is 1.92 bits per heavy atom. The molecule has 0 aliphatic heterocycles. The lowest BCUT2D eigenvalue weighted by molar-refractivity contribution is -0.150. The number of esters is 1. The van der Waals surface area contributed by atoms with Gasteiger partial charge in [-0.2, -0.15) is 0 Å². The molecule has 0 amide bonds. The molecule has 13 heavy (non-hydrogen) atoms. The monoisotopic (exact) mass is 190 g/mol. The average molecular weight is 190 g/mol. The van der Waals surface area contributed by atoms with E-state index in [-0.39, 0.29) is 13.2 Å². The third-order valence-electron chi connectivity index (χ3n) is 1.12. The second-order valence-corrected chi connectivity index (χ2v) is 2.13. The van der Waals surface area contributed by atoms with Crippen molar-refractivity contribution < 1.29 is 24.5 Å². The van der Waals surface area contributed by atoms with Crippen LogP contribution >= 0.6 is 0 Å². The van der Waals surface area contributed by atoms with Gasteiger partial charge in [-0.25, -0.2) is 4.79 Å². The van der Waals surface area contributed by atoms with Crippen molar-refractivity contribution in [1.82, 2.24) is 0 Å². The fourth-order valence-electron chi connectivity index (χ4n) is 0.627. The summed E-state index contributed by atoms with van der Waals surface area (Å²) in [6, 6.07) is 0. The van der Waals surface area contributed by atoms with E-state index in [0.717, 1.165) is 6.08 Å². The molecule has 5 heteroatoms. The van der Waals surface area contributed by atoms with Gasteiger partial charge in [-0.3, -0.25) is 0 Å². The fraction of sp³-hybridized carbons (Fsp3) is 0.625. The lowest BCUT2D eigenvalue weighted by Gasteiger charge is -2.06. The van der Waals surface area contributed by atoms with Gasteiger partial charge < -0.3 is 19.7 Å². The Balaban J connectivity index is 4.03. The molecule has 5 nitrogen and oxygen atoms in total. The lowest BCUT2D eigenvalue weighted by atomic mass is 10.3. The topological polar surface area (TPSA) is 76.0 Å². The standard InChI is InChI=1S/C8H14O5/c1-3-12-7(10)5-6(9)8(11)13-4-2/h5-6,9-10H,3-4H2,1-2H3/b7-5+/t6-/m0/s1. The molecule has 0 saturated carbocycles. The first-order valence-corrected chi connectivity index (χ1v) is 4.00. The predicted molar refractivity (Wildman–Crippen MR) is 45.0 cm³/mol. The summed E-state index contributed by atoms with van der Waals surface area (Å²) >= 11 is 0. The van der Waals surface area contributed by atoms with E-state index in [0.29, 0.717) is 0 Å². The summed E-state index contributed by atoms with van der Waals surface area (Å²) in [5.41, 5.74) is 0. The molecule has 0 bridgehead atoms. The molecule has 0 aliphatic rings. The molecule has 0 rings (SSSR count). The van der Waals surface area contributed by atoms with Gasteiger partial charge in [-0.15, -0.1) is 0 Å². The molecule has 1 atom stereocenters. The molecule has 0 aliphatic carbocycles. The van der Waals surface area contributed by atoms with Crippen LogP contribution in [0.5, 0.6) is 0 Å². The van der Waals surface area contributed by atoms with Gasteiger partial charge in [0.25, 0.3) is 5.95 Å². The van der Waals surface area contributed by atoms with Crippen molar-refractivity contribution in [3.05, 3.63) is 12.0 Å². The van der Waals surface area contributed by atoms with Crippen molar-refractivity contribution in [1.29, 1.82) is 0 Å². The van der Waals surface area contributed by atoms with Crippen LogP contribution in [0.15, 0.2) is 12.0 Å². The molecule has 0 aromatic heterocycles. The molecule has 0 fully saturated rings. The SMILES string of the molecule is CCOC(=O)[C@@H](O)/C=C(\O)OCC. The van der Waals surface area contributed by atoms with Crippen molar-refractivity contribution in [3.63, 3.8) is 0 Å². The van der Waals surface area contributed by atoms with Crippen LogP contribution in [0.2, 0.25) is 0 Å². The van der Waals surface area contributed by atoms with Gasteiger partial charge in [-0.1, -0.05) is 0 Å². The molecule has 76 valence electrons. The predicted octanol–water partition coefficient (Wildman–Crippen LogP) is 0.346. The Hall–Kier alpha value is -1.23. The number of carbonyl (C=O) groups excluding carboxylic acids is 1. The van der Waals surface area contributed by atoms with E-state index >= 15 is 0 Å². The second-order valence-electron chi connectivity index (χ2n) is 2.13. The Morgan fingerprint density at radius 1 is 1.38 bits per heavy atom. The highest BCUT2D eigenvalue weighted by Crippen LogP contribution is 1.97. The van der Waals surface area contributed by atoms with E-state index < -0.39 is 18.0 Å². The van der Waals surface area contributed by atoms with Gasteiger partial charge in [0.05, 0.1) is 13.2 Å². The highest BCUT2D eigenvalue weighted by atomic mass is 16.6. The molecular formula is C8H14O5. The Morgan fingerprint density at radius 3 is 2.38 bits per heavy atom. The number of ether oxygens (including phenoxy) is 2. The van der Waals surface area contributed by atoms with Gasteiger partial charge in [0.2, 0.25) is 0 Å². The van der Waals surface area contributed by atoms with Crippen LogP contribution in [-0.2, 0) is 14.3 Å². The van der Waals surface area contributed by atoms with Crippen LogP contribution in [-0.4, -0.2) is 35.5 Å². The van der Waals surface area contributed by atoms with Crippen molar-refractivity contribution in [2.45, 2.75) is 20.0 Å². The third kappa shape index (κ3) is 5.08. The van der Waals surface area contributed by atoms with Gasteiger partial charge in [0, 0.05) is 6.08 Å². The van der Waals surface area contributed by atoms with E-state index in [1.54, 1.807) is 13.8 Å². The van der Waals surface area contributed by atoms with E-state index in [1.807, 2.05) is 0 Å². The minimum atomic E-state index is -1.48. The van der Waals surface area contributed by atoms with Crippen LogP contribution in [0, 0.1) is 0 Å². The zero-order valence-corrected chi connectivity index (χ0v) is 7.69. The maximum absolute atomic E-state index is 10.8. The molecule has 0 aromatic carbocycles. The maximum Gasteiger partial charge on any atom is 0.339 e. The summed E-state index contributed by atoms with van der Waals surface area (Å²) in [6.45, 7) is 3.73. The number of aliphatic hydroxyl groups excluding tert-OH is 2. The Bertz CT molecular complexity index is 187. The number of rotatable bonds is 5. The highest BCUT2D eigenvalue weighted by molar-refractivity contribution is 5.76. The van der Waals surface area contributed by atoms with Crippen LogP contribution in [0.25, 0.3) is 0 Å². The smallest absolute Gasteiger partial charge is 0.339 e. The molecule has 2 N–H and O–H groups in total. The first kappa shape index (κ1) is 11.8. The molecule has 0 radical (unpaired) electrons. The summed E-state index contributed by atoms with van der Waals surface area (Å²) in [5, 5.41) is 18.0. The molecule has 0 unspecified atom stereocenters. The minimum Gasteiger partial charge on any atom is -0.481 e. The fourth-order valence-corrected chi connectivity index (χ4v) is 0.627. The van der Waals surface area contributed by atoms with Gasteiger partial charge >= 0.3 is 5.97 Å². The molecular weight excluding hydrogens is 176 g/mol. The quantitative estimate of drug-likeness (QED) is 0.483.